The second-order valence-corrected chi connectivity index (χ2v) is 7.45. The minimum Gasteiger partial charge on any atom is -0.350 e. The van der Waals surface area contributed by atoms with Crippen LogP contribution in [0.5, 0.6) is 0 Å². The Morgan fingerprint density at radius 2 is 1.83 bits per heavy atom. The molecule has 0 saturated carbocycles. The Kier molecular flexibility index (Phi) is 6.80. The van der Waals surface area contributed by atoms with Gasteiger partial charge in [-0.05, 0) is 48.9 Å². The molecule has 1 amide bonds. The van der Waals surface area contributed by atoms with Crippen molar-refractivity contribution >= 4 is 16.8 Å². The highest BCUT2D eigenvalue weighted by molar-refractivity contribution is 6.03. The highest BCUT2D eigenvalue weighted by Crippen LogP contribution is 2.29. The molecule has 0 fully saturated rings. The van der Waals surface area contributed by atoms with Crippen LogP contribution in [0.1, 0.15) is 54.3 Å². The van der Waals surface area contributed by atoms with Crippen LogP contribution in [-0.4, -0.2) is 35.2 Å². The highest BCUT2D eigenvalue weighted by atomic mass is 19.4. The van der Waals surface area contributed by atoms with Gasteiger partial charge in [-0.3, -0.25) is 4.79 Å². The molecule has 0 aliphatic carbocycles. The van der Waals surface area contributed by atoms with E-state index in [0.717, 1.165) is 0 Å². The number of halogens is 3. The maximum absolute atomic E-state index is 12.9. The Morgan fingerprint density at radius 1 is 1.13 bits per heavy atom. The summed E-state index contributed by atoms with van der Waals surface area (Å²) in [6.45, 7) is 4.82. The van der Waals surface area contributed by atoms with E-state index in [4.69, 9.17) is 4.52 Å². The van der Waals surface area contributed by atoms with E-state index < -0.39 is 12.6 Å². The molecule has 1 heterocycles. The number of hydrogen-bond acceptors (Lipinski definition) is 3. The van der Waals surface area contributed by atoms with Crippen LogP contribution >= 0.6 is 0 Å². The van der Waals surface area contributed by atoms with Gasteiger partial charge in [0.25, 0.3) is 5.91 Å². The number of benzene rings is 2. The van der Waals surface area contributed by atoms with Crippen LogP contribution < -0.4 is 0 Å². The van der Waals surface area contributed by atoms with Gasteiger partial charge in [0.05, 0.1) is 11.8 Å². The number of amides is 1. The number of carbonyl (C=O) groups is 1. The Morgan fingerprint density at radius 3 is 2.57 bits per heavy atom. The van der Waals surface area contributed by atoms with E-state index in [-0.39, 0.29) is 17.6 Å². The topological polar surface area (TPSA) is 46.3 Å². The third-order valence-electron chi connectivity index (χ3n) is 5.29. The zero-order valence-electron chi connectivity index (χ0n) is 17.1. The quantitative estimate of drug-likeness (QED) is 0.452. The molecule has 0 saturated heterocycles. The first kappa shape index (κ1) is 21.9. The van der Waals surface area contributed by atoms with E-state index in [1.54, 1.807) is 35.2 Å². The molecular formula is C23H25F3N2O2. The Bertz CT molecular complexity index is 997. The molecule has 3 aromatic rings. The van der Waals surface area contributed by atoms with Gasteiger partial charge in [0.1, 0.15) is 5.52 Å². The van der Waals surface area contributed by atoms with Crippen molar-refractivity contribution in [3.8, 4) is 0 Å². The Hall–Kier alpha value is -2.83. The van der Waals surface area contributed by atoms with Crippen LogP contribution in [0.25, 0.3) is 10.9 Å². The maximum atomic E-state index is 12.9. The van der Waals surface area contributed by atoms with Gasteiger partial charge in [0.2, 0.25) is 5.76 Å². The van der Waals surface area contributed by atoms with Gasteiger partial charge in [-0.1, -0.05) is 48.5 Å². The number of alkyl halides is 3. The van der Waals surface area contributed by atoms with Crippen molar-refractivity contribution in [2.45, 2.75) is 45.2 Å². The lowest BCUT2D eigenvalue weighted by molar-refractivity contribution is -0.127. The van der Waals surface area contributed by atoms with E-state index in [1.165, 1.54) is 6.07 Å². The normalized spacial score (nSPS) is 12.8. The monoisotopic (exact) mass is 418 g/mol. The fourth-order valence-corrected chi connectivity index (χ4v) is 3.73. The van der Waals surface area contributed by atoms with Gasteiger partial charge in [0, 0.05) is 13.1 Å². The van der Waals surface area contributed by atoms with Gasteiger partial charge >= 0.3 is 6.18 Å². The molecule has 0 aliphatic rings. The predicted octanol–water partition coefficient (Wildman–Crippen LogP) is 5.98. The maximum Gasteiger partial charge on any atom is 0.393 e. The van der Waals surface area contributed by atoms with Gasteiger partial charge in [-0.2, -0.15) is 13.2 Å². The molecule has 0 bridgehead atoms. The first-order chi connectivity index (χ1) is 14.3. The molecule has 0 radical (unpaired) electrons. The average molecular weight is 418 g/mol. The Labute approximate surface area is 173 Å². The molecule has 0 N–H and O–H groups in total. The van der Waals surface area contributed by atoms with E-state index in [2.05, 4.69) is 5.16 Å². The Balaban J connectivity index is 1.63. The minimum atomic E-state index is -4.24. The number of aromatic nitrogens is 1. The summed E-state index contributed by atoms with van der Waals surface area (Å²) in [4.78, 5) is 14.6. The summed E-state index contributed by atoms with van der Waals surface area (Å²) in [5, 5.41) is 4.61. The third kappa shape index (κ3) is 5.20. The molecule has 2 aromatic carbocycles. The summed E-state index contributed by atoms with van der Waals surface area (Å²) in [5.74, 6) is -0.0455. The first-order valence-electron chi connectivity index (χ1n) is 10.1. The minimum absolute atomic E-state index is 0.0385. The zero-order valence-corrected chi connectivity index (χ0v) is 17.1. The lowest BCUT2D eigenvalue weighted by Crippen LogP contribution is -2.31. The summed E-state index contributed by atoms with van der Waals surface area (Å²) in [6, 6.07) is 13.9. The highest BCUT2D eigenvalue weighted by Gasteiger charge is 2.29. The van der Waals surface area contributed by atoms with Crippen LogP contribution in [0.3, 0.4) is 0 Å². The second-order valence-electron chi connectivity index (χ2n) is 7.45. The van der Waals surface area contributed by atoms with E-state index in [9.17, 15) is 18.0 Å². The predicted molar refractivity (Wildman–Crippen MR) is 109 cm³/mol. The molecule has 3 rings (SSSR count). The molecule has 7 heteroatoms. The lowest BCUT2D eigenvalue weighted by Gasteiger charge is -2.22. The van der Waals surface area contributed by atoms with Crippen molar-refractivity contribution in [3.63, 3.8) is 0 Å². The van der Waals surface area contributed by atoms with Gasteiger partial charge in [-0.15, -0.1) is 0 Å². The van der Waals surface area contributed by atoms with E-state index in [0.29, 0.717) is 48.0 Å². The number of rotatable bonds is 8. The summed E-state index contributed by atoms with van der Waals surface area (Å²) in [5.41, 5.74) is 1.66. The van der Waals surface area contributed by atoms with Crippen molar-refractivity contribution < 1.29 is 22.5 Å². The molecule has 4 nitrogen and oxygen atoms in total. The number of nitrogens with zero attached hydrogens (tertiary/aromatic N) is 2. The number of fused-ring (bicyclic) bond motifs is 1. The van der Waals surface area contributed by atoms with Crippen molar-refractivity contribution in [2.24, 2.45) is 0 Å². The largest absolute Gasteiger partial charge is 0.393 e. The fraction of sp³-hybridized carbons (Fsp3) is 0.391. The number of carbonyl (C=O) groups excluding carboxylic acids is 1. The van der Waals surface area contributed by atoms with Crippen molar-refractivity contribution in [1.29, 1.82) is 0 Å². The summed E-state index contributed by atoms with van der Waals surface area (Å²) < 4.78 is 43.9. The molecule has 0 spiro atoms. The van der Waals surface area contributed by atoms with Crippen LogP contribution in [0.2, 0.25) is 0 Å². The number of hydrogen-bond donors (Lipinski definition) is 0. The van der Waals surface area contributed by atoms with Crippen molar-refractivity contribution in [2.75, 3.05) is 13.1 Å². The average Bonchev–Trinajstić information content (AvgIpc) is 3.14. The molecule has 0 aliphatic heterocycles. The SMILES string of the molecule is CCN(CCCC(C)c1ccccc1CC(F)(F)F)C(=O)c1onc2ccccc12. The molecule has 1 atom stereocenters. The summed E-state index contributed by atoms with van der Waals surface area (Å²) in [6.07, 6.45) is -3.81. The smallest absolute Gasteiger partial charge is 0.350 e. The first-order valence-corrected chi connectivity index (χ1v) is 10.1. The molecule has 1 unspecified atom stereocenters. The van der Waals surface area contributed by atoms with Crippen LogP contribution in [-0.2, 0) is 6.42 Å². The molecule has 160 valence electrons. The van der Waals surface area contributed by atoms with Crippen LogP contribution in [0.4, 0.5) is 13.2 Å². The van der Waals surface area contributed by atoms with Crippen LogP contribution in [0, 0.1) is 0 Å². The van der Waals surface area contributed by atoms with Crippen molar-refractivity contribution in [1.82, 2.24) is 10.1 Å². The molecule has 30 heavy (non-hydrogen) atoms. The standard InChI is InChI=1S/C23H25F3N2O2/c1-3-28(22(29)21-19-12-6-7-13-20(19)27-30-21)14-8-9-16(2)18-11-5-4-10-17(18)15-23(24,25)26/h4-7,10-13,16H,3,8-9,14-15H2,1-2H3. The lowest BCUT2D eigenvalue weighted by atomic mass is 9.90. The summed E-state index contributed by atoms with van der Waals surface area (Å²) in [7, 11) is 0. The van der Waals surface area contributed by atoms with Gasteiger partial charge < -0.3 is 9.42 Å². The van der Waals surface area contributed by atoms with E-state index in [1.807, 2.05) is 26.0 Å². The third-order valence-corrected chi connectivity index (χ3v) is 5.29. The fourth-order valence-electron chi connectivity index (χ4n) is 3.73. The molecule has 1 aromatic heterocycles. The van der Waals surface area contributed by atoms with Crippen molar-refractivity contribution in [3.05, 3.63) is 65.4 Å². The van der Waals surface area contributed by atoms with Crippen LogP contribution in [0.15, 0.2) is 53.1 Å². The zero-order chi connectivity index (χ0) is 21.7. The summed E-state index contributed by atoms with van der Waals surface area (Å²) >= 11 is 0. The van der Waals surface area contributed by atoms with Gasteiger partial charge in [0.15, 0.2) is 0 Å². The van der Waals surface area contributed by atoms with Gasteiger partial charge in [-0.25, -0.2) is 0 Å². The van der Waals surface area contributed by atoms with E-state index >= 15 is 0 Å². The molecular weight excluding hydrogens is 393 g/mol. The second kappa shape index (κ2) is 9.32.